The van der Waals surface area contributed by atoms with Crippen LogP contribution in [-0.2, 0) is 13.0 Å². The lowest BCUT2D eigenvalue weighted by molar-refractivity contribution is 0.355. The Morgan fingerprint density at radius 1 is 1.26 bits per heavy atom. The molecular weight excluding hydrogens is 312 g/mol. The molecular formula is C16H22N4O2S. The molecule has 0 saturated carbocycles. The van der Waals surface area contributed by atoms with Crippen molar-refractivity contribution >= 4 is 23.0 Å². The fraction of sp³-hybridized carbons (Fsp3) is 0.375. The van der Waals surface area contributed by atoms with Crippen LogP contribution in [0.1, 0.15) is 17.6 Å². The number of hydrogen-bond acceptors (Lipinski definition) is 5. The third-order valence-corrected chi connectivity index (χ3v) is 4.25. The van der Waals surface area contributed by atoms with E-state index in [1.54, 1.807) is 32.6 Å². The summed E-state index contributed by atoms with van der Waals surface area (Å²) in [5, 5.41) is 9.68. The third kappa shape index (κ3) is 4.59. The quantitative estimate of drug-likeness (QED) is 0.628. The number of nitrogens with zero attached hydrogens (tertiary/aromatic N) is 2. The molecule has 0 amide bonds. The van der Waals surface area contributed by atoms with Crippen molar-refractivity contribution in [1.82, 2.24) is 10.3 Å². The first-order valence-corrected chi connectivity index (χ1v) is 8.21. The molecule has 1 aromatic carbocycles. The normalized spacial score (nSPS) is 11.2. The van der Waals surface area contributed by atoms with Crippen LogP contribution in [0.5, 0.6) is 11.5 Å². The summed E-state index contributed by atoms with van der Waals surface area (Å²) in [6.07, 6.45) is 0.962. The molecule has 6 nitrogen and oxygen atoms in total. The van der Waals surface area contributed by atoms with Gasteiger partial charge in [-0.25, -0.2) is 4.98 Å². The van der Waals surface area contributed by atoms with Crippen LogP contribution in [0, 0.1) is 0 Å². The number of benzene rings is 1. The highest BCUT2D eigenvalue weighted by molar-refractivity contribution is 7.09. The average Bonchev–Trinajstić information content (AvgIpc) is 3.06. The van der Waals surface area contributed by atoms with Crippen molar-refractivity contribution in [3.8, 4) is 11.5 Å². The predicted octanol–water partition coefficient (Wildman–Crippen LogP) is 2.91. The van der Waals surface area contributed by atoms with Crippen LogP contribution >= 0.6 is 11.3 Å². The maximum absolute atomic E-state index is 5.30. The van der Waals surface area contributed by atoms with Crippen molar-refractivity contribution in [3.63, 3.8) is 0 Å². The van der Waals surface area contributed by atoms with E-state index in [0.29, 0.717) is 24.0 Å². The van der Waals surface area contributed by atoms with Gasteiger partial charge in [-0.3, -0.25) is 4.99 Å². The van der Waals surface area contributed by atoms with E-state index in [-0.39, 0.29) is 0 Å². The summed E-state index contributed by atoms with van der Waals surface area (Å²) in [7, 11) is 4.96. The summed E-state index contributed by atoms with van der Waals surface area (Å²) in [6, 6.07) is 5.62. The Labute approximate surface area is 140 Å². The SMILES string of the molecule is CCc1nc(CNC(=NC)Nc2ccc(OC)c(OC)c2)cs1. The summed E-state index contributed by atoms with van der Waals surface area (Å²) >= 11 is 1.68. The van der Waals surface area contributed by atoms with E-state index < -0.39 is 0 Å². The van der Waals surface area contributed by atoms with E-state index in [2.05, 4.69) is 32.9 Å². The van der Waals surface area contributed by atoms with Gasteiger partial charge in [0, 0.05) is 24.2 Å². The second-order valence-electron chi connectivity index (χ2n) is 4.71. The van der Waals surface area contributed by atoms with E-state index in [1.165, 1.54) is 0 Å². The van der Waals surface area contributed by atoms with E-state index in [1.807, 2.05) is 18.2 Å². The first-order valence-electron chi connectivity index (χ1n) is 7.33. The van der Waals surface area contributed by atoms with Gasteiger partial charge < -0.3 is 20.1 Å². The van der Waals surface area contributed by atoms with Gasteiger partial charge in [0.1, 0.15) is 0 Å². The van der Waals surface area contributed by atoms with Crippen molar-refractivity contribution in [2.24, 2.45) is 4.99 Å². The molecule has 0 bridgehead atoms. The van der Waals surface area contributed by atoms with Gasteiger partial charge in [-0.1, -0.05) is 6.92 Å². The Morgan fingerprint density at radius 3 is 2.65 bits per heavy atom. The molecule has 1 heterocycles. The van der Waals surface area contributed by atoms with E-state index in [4.69, 9.17) is 9.47 Å². The van der Waals surface area contributed by atoms with E-state index in [0.717, 1.165) is 22.8 Å². The van der Waals surface area contributed by atoms with E-state index >= 15 is 0 Å². The molecule has 2 aromatic rings. The number of aryl methyl sites for hydroxylation is 1. The molecule has 23 heavy (non-hydrogen) atoms. The van der Waals surface area contributed by atoms with Crippen LogP contribution in [-0.4, -0.2) is 32.2 Å². The van der Waals surface area contributed by atoms with E-state index in [9.17, 15) is 0 Å². The minimum Gasteiger partial charge on any atom is -0.493 e. The molecule has 0 aliphatic carbocycles. The van der Waals surface area contributed by atoms with Crippen LogP contribution in [0.2, 0.25) is 0 Å². The summed E-state index contributed by atoms with van der Waals surface area (Å²) in [4.78, 5) is 8.75. The zero-order valence-electron chi connectivity index (χ0n) is 13.8. The average molecular weight is 334 g/mol. The fourth-order valence-electron chi connectivity index (χ4n) is 2.00. The van der Waals surface area contributed by atoms with Crippen molar-refractivity contribution in [1.29, 1.82) is 0 Å². The summed E-state index contributed by atoms with van der Waals surface area (Å²) in [5.41, 5.74) is 1.88. The van der Waals surface area contributed by atoms with Gasteiger partial charge in [-0.05, 0) is 18.6 Å². The molecule has 0 unspecified atom stereocenters. The summed E-state index contributed by atoms with van der Waals surface area (Å²) in [6.45, 7) is 2.73. The molecule has 2 N–H and O–H groups in total. The van der Waals surface area contributed by atoms with Crippen molar-refractivity contribution in [2.75, 3.05) is 26.6 Å². The number of aromatic nitrogens is 1. The van der Waals surface area contributed by atoms with Crippen molar-refractivity contribution < 1.29 is 9.47 Å². The Kier molecular flexibility index (Phi) is 6.22. The lowest BCUT2D eigenvalue weighted by atomic mass is 10.3. The highest BCUT2D eigenvalue weighted by Gasteiger charge is 2.07. The van der Waals surface area contributed by atoms with Crippen LogP contribution in [0.3, 0.4) is 0 Å². The monoisotopic (exact) mass is 334 g/mol. The van der Waals surface area contributed by atoms with Crippen molar-refractivity contribution in [3.05, 3.63) is 34.3 Å². The Bertz CT molecular complexity index is 670. The number of aliphatic imine (C=N–C) groups is 1. The molecule has 1 aromatic heterocycles. The van der Waals surface area contributed by atoms with Crippen LogP contribution in [0.4, 0.5) is 5.69 Å². The molecule has 7 heteroatoms. The molecule has 124 valence electrons. The topological polar surface area (TPSA) is 67.8 Å². The molecule has 0 aliphatic rings. The third-order valence-electron chi connectivity index (χ3n) is 3.21. The first-order chi connectivity index (χ1) is 11.2. The maximum Gasteiger partial charge on any atom is 0.195 e. The van der Waals surface area contributed by atoms with Gasteiger partial charge >= 0.3 is 0 Å². The lowest BCUT2D eigenvalue weighted by Gasteiger charge is -2.13. The zero-order valence-corrected chi connectivity index (χ0v) is 14.7. The zero-order chi connectivity index (χ0) is 16.7. The van der Waals surface area contributed by atoms with Crippen LogP contribution in [0.25, 0.3) is 0 Å². The smallest absolute Gasteiger partial charge is 0.195 e. The summed E-state index contributed by atoms with van der Waals surface area (Å²) < 4.78 is 10.5. The number of hydrogen-bond donors (Lipinski definition) is 2. The second kappa shape index (κ2) is 8.38. The number of anilines is 1. The molecule has 0 fully saturated rings. The molecule has 0 radical (unpaired) electrons. The number of ether oxygens (including phenoxy) is 2. The number of rotatable bonds is 6. The second-order valence-corrected chi connectivity index (χ2v) is 5.65. The van der Waals surface area contributed by atoms with Gasteiger partial charge in [0.2, 0.25) is 0 Å². The minimum atomic E-state index is 0.628. The van der Waals surface area contributed by atoms with Crippen molar-refractivity contribution in [2.45, 2.75) is 19.9 Å². The Morgan fingerprint density at radius 2 is 2.04 bits per heavy atom. The van der Waals surface area contributed by atoms with Gasteiger partial charge in [-0.2, -0.15) is 0 Å². The molecule has 0 spiro atoms. The lowest BCUT2D eigenvalue weighted by Crippen LogP contribution is -2.30. The molecule has 0 atom stereocenters. The summed E-state index contributed by atoms with van der Waals surface area (Å²) in [5.74, 6) is 2.03. The highest BCUT2D eigenvalue weighted by Crippen LogP contribution is 2.29. The predicted molar refractivity (Wildman–Crippen MR) is 94.9 cm³/mol. The van der Waals surface area contributed by atoms with Gasteiger partial charge in [0.15, 0.2) is 17.5 Å². The van der Waals surface area contributed by atoms with Gasteiger partial charge in [0.25, 0.3) is 0 Å². The maximum atomic E-state index is 5.30. The van der Waals surface area contributed by atoms with Gasteiger partial charge in [-0.15, -0.1) is 11.3 Å². The fourth-order valence-corrected chi connectivity index (χ4v) is 2.74. The standard InChI is InChI=1S/C16H22N4O2S/c1-5-15-19-12(10-23-15)9-18-16(17-2)20-11-6-7-13(21-3)14(8-11)22-4/h6-8,10H,5,9H2,1-4H3,(H2,17,18,20). The van der Waals surface area contributed by atoms with Crippen LogP contribution < -0.4 is 20.1 Å². The molecule has 0 saturated heterocycles. The number of thiazole rings is 1. The Hall–Kier alpha value is -2.28. The largest absolute Gasteiger partial charge is 0.493 e. The molecule has 2 rings (SSSR count). The number of nitrogens with one attached hydrogen (secondary N) is 2. The minimum absolute atomic E-state index is 0.628. The first kappa shape index (κ1) is 17.1. The Balaban J connectivity index is 1.99. The number of guanidine groups is 1. The molecule has 0 aliphatic heterocycles. The number of methoxy groups -OCH3 is 2. The highest BCUT2D eigenvalue weighted by atomic mass is 32.1. The van der Waals surface area contributed by atoms with Gasteiger partial charge in [0.05, 0.1) is 31.5 Å². The van der Waals surface area contributed by atoms with Crippen LogP contribution in [0.15, 0.2) is 28.6 Å².